The summed E-state index contributed by atoms with van der Waals surface area (Å²) in [6, 6.07) is 3.03. The van der Waals surface area contributed by atoms with E-state index >= 15 is 0 Å². The summed E-state index contributed by atoms with van der Waals surface area (Å²) in [6.07, 6.45) is 4.68. The number of aromatic amines is 1. The number of imidazole rings is 1. The molecule has 0 aliphatic heterocycles. The van der Waals surface area contributed by atoms with E-state index in [1.54, 1.807) is 31.2 Å². The smallest absolute Gasteiger partial charge is 0.162 e. The largest absolute Gasteiger partial charge is 0.496 e. The number of hydrogen-bond donors (Lipinski definition) is 2. The second kappa shape index (κ2) is 6.91. The highest BCUT2D eigenvalue weighted by molar-refractivity contribution is 5.82. The van der Waals surface area contributed by atoms with Crippen molar-refractivity contribution in [3.05, 3.63) is 47.9 Å². The molecule has 0 saturated carbocycles. The van der Waals surface area contributed by atoms with Gasteiger partial charge in [-0.25, -0.2) is 19.3 Å². The van der Waals surface area contributed by atoms with Crippen molar-refractivity contribution in [2.45, 2.75) is 19.9 Å². The molecule has 4 rings (SSSR count). The fraction of sp³-hybridized carbons (Fsp3) is 0.263. The molecule has 4 aromatic rings. The van der Waals surface area contributed by atoms with Gasteiger partial charge in [0.05, 0.1) is 25.2 Å². The van der Waals surface area contributed by atoms with Crippen LogP contribution in [0.1, 0.15) is 24.1 Å². The number of fused-ring (bicyclic) bond motifs is 1. The molecule has 0 spiro atoms. The second-order valence-corrected chi connectivity index (χ2v) is 6.51. The van der Waals surface area contributed by atoms with Crippen LogP contribution >= 0.6 is 0 Å². The van der Waals surface area contributed by atoms with Crippen LogP contribution in [0.4, 0.5) is 10.2 Å². The predicted octanol–water partition coefficient (Wildman–Crippen LogP) is 3.38. The molecule has 3 heterocycles. The molecule has 9 heteroatoms. The van der Waals surface area contributed by atoms with E-state index in [9.17, 15) is 4.39 Å². The maximum atomic E-state index is 14.8. The Labute approximate surface area is 160 Å². The molecular formula is C19H20FN7O. The van der Waals surface area contributed by atoms with Crippen LogP contribution in [-0.2, 0) is 7.05 Å². The molecule has 1 aromatic carbocycles. The van der Waals surface area contributed by atoms with Crippen molar-refractivity contribution in [2.24, 2.45) is 7.05 Å². The van der Waals surface area contributed by atoms with Crippen molar-refractivity contribution in [3.63, 3.8) is 0 Å². The zero-order chi connectivity index (χ0) is 19.8. The highest BCUT2D eigenvalue weighted by Gasteiger charge is 2.23. The van der Waals surface area contributed by atoms with Crippen LogP contribution in [0.5, 0.6) is 5.75 Å². The predicted molar refractivity (Wildman–Crippen MR) is 104 cm³/mol. The van der Waals surface area contributed by atoms with Crippen LogP contribution in [0.25, 0.3) is 22.4 Å². The number of aromatic nitrogens is 6. The van der Waals surface area contributed by atoms with E-state index in [2.05, 4.69) is 30.4 Å². The van der Waals surface area contributed by atoms with Gasteiger partial charge in [0.15, 0.2) is 11.5 Å². The van der Waals surface area contributed by atoms with Crippen molar-refractivity contribution < 1.29 is 9.13 Å². The Morgan fingerprint density at radius 2 is 2.11 bits per heavy atom. The highest BCUT2D eigenvalue weighted by atomic mass is 19.1. The lowest BCUT2D eigenvalue weighted by Gasteiger charge is -2.22. The Kier molecular flexibility index (Phi) is 4.42. The SMILES string of the molecule is COc1c(C(C)Nc2ncnc3[nH]cnc23)cc(F)c(C)c1-c1ccnn1C. The number of ether oxygens (including phenoxy) is 1. The first-order valence-corrected chi connectivity index (χ1v) is 8.77. The van der Waals surface area contributed by atoms with Gasteiger partial charge in [0.25, 0.3) is 0 Å². The van der Waals surface area contributed by atoms with Crippen LogP contribution < -0.4 is 10.1 Å². The molecule has 144 valence electrons. The van der Waals surface area contributed by atoms with E-state index in [1.807, 2.05) is 20.0 Å². The van der Waals surface area contributed by atoms with Crippen molar-refractivity contribution in [1.29, 1.82) is 0 Å². The van der Waals surface area contributed by atoms with E-state index in [1.165, 1.54) is 12.4 Å². The molecular weight excluding hydrogens is 361 g/mol. The van der Waals surface area contributed by atoms with Crippen molar-refractivity contribution >= 4 is 17.0 Å². The Bertz CT molecular complexity index is 1150. The number of benzene rings is 1. The van der Waals surface area contributed by atoms with Crippen molar-refractivity contribution in [1.82, 2.24) is 29.7 Å². The Morgan fingerprint density at radius 1 is 1.29 bits per heavy atom. The molecule has 3 aromatic heterocycles. The van der Waals surface area contributed by atoms with Gasteiger partial charge in [0.2, 0.25) is 0 Å². The zero-order valence-corrected chi connectivity index (χ0v) is 16.0. The van der Waals surface area contributed by atoms with Gasteiger partial charge in [0.1, 0.15) is 23.4 Å². The highest BCUT2D eigenvalue weighted by Crippen LogP contribution is 2.40. The van der Waals surface area contributed by atoms with Gasteiger partial charge in [0, 0.05) is 24.4 Å². The Morgan fingerprint density at radius 3 is 2.82 bits per heavy atom. The van der Waals surface area contributed by atoms with Gasteiger partial charge in [-0.3, -0.25) is 4.68 Å². The Balaban J connectivity index is 1.82. The summed E-state index contributed by atoms with van der Waals surface area (Å²) in [5.41, 5.74) is 3.88. The van der Waals surface area contributed by atoms with Crippen molar-refractivity contribution in [2.75, 3.05) is 12.4 Å². The Hall–Kier alpha value is -3.49. The lowest BCUT2D eigenvalue weighted by molar-refractivity contribution is 0.407. The van der Waals surface area contributed by atoms with E-state index in [4.69, 9.17) is 4.74 Å². The third kappa shape index (κ3) is 2.84. The summed E-state index contributed by atoms with van der Waals surface area (Å²) >= 11 is 0. The lowest BCUT2D eigenvalue weighted by atomic mass is 9.96. The third-order valence-corrected chi connectivity index (χ3v) is 4.82. The van der Waals surface area contributed by atoms with Crippen molar-refractivity contribution in [3.8, 4) is 17.0 Å². The van der Waals surface area contributed by atoms with E-state index < -0.39 is 0 Å². The van der Waals surface area contributed by atoms with Crippen LogP contribution in [0.3, 0.4) is 0 Å². The monoisotopic (exact) mass is 381 g/mol. The first kappa shape index (κ1) is 17.9. The number of aryl methyl sites for hydroxylation is 1. The maximum Gasteiger partial charge on any atom is 0.162 e. The molecule has 1 atom stereocenters. The fourth-order valence-corrected chi connectivity index (χ4v) is 3.37. The number of halogens is 1. The summed E-state index contributed by atoms with van der Waals surface area (Å²) in [6.45, 7) is 3.65. The van der Waals surface area contributed by atoms with Gasteiger partial charge < -0.3 is 15.0 Å². The summed E-state index contributed by atoms with van der Waals surface area (Å²) < 4.78 is 22.2. The molecule has 1 unspecified atom stereocenters. The second-order valence-electron chi connectivity index (χ2n) is 6.51. The number of nitrogens with one attached hydrogen (secondary N) is 2. The third-order valence-electron chi connectivity index (χ3n) is 4.82. The van der Waals surface area contributed by atoms with Gasteiger partial charge in [-0.2, -0.15) is 5.10 Å². The molecule has 8 nitrogen and oxygen atoms in total. The van der Waals surface area contributed by atoms with Crippen LogP contribution in [0.15, 0.2) is 31.0 Å². The molecule has 0 fully saturated rings. The molecule has 0 bridgehead atoms. The first-order valence-electron chi connectivity index (χ1n) is 8.77. The van der Waals surface area contributed by atoms with Crippen LogP contribution in [-0.4, -0.2) is 36.8 Å². The van der Waals surface area contributed by atoms with Gasteiger partial charge in [-0.15, -0.1) is 0 Å². The number of hydrogen-bond acceptors (Lipinski definition) is 6. The molecule has 28 heavy (non-hydrogen) atoms. The lowest BCUT2D eigenvalue weighted by Crippen LogP contribution is -2.12. The average molecular weight is 381 g/mol. The summed E-state index contributed by atoms with van der Waals surface area (Å²) in [4.78, 5) is 15.6. The minimum absolute atomic E-state index is 0.299. The summed E-state index contributed by atoms with van der Waals surface area (Å²) in [5, 5.41) is 7.50. The van der Waals surface area contributed by atoms with Gasteiger partial charge in [-0.05, 0) is 31.5 Å². The number of methoxy groups -OCH3 is 1. The van der Waals surface area contributed by atoms with E-state index in [0.29, 0.717) is 39.4 Å². The number of H-pyrrole nitrogens is 1. The standard InChI is InChI=1S/C19H20FN7O/c1-10-13(20)7-12(17(28-4)15(10)14-5-6-25-27(14)3)11(2)26-19-16-18(22-8-21-16)23-9-24-19/h5-9,11H,1-4H3,(H2,21,22,23,24,26). The topological polar surface area (TPSA) is 93.5 Å². The molecule has 0 amide bonds. The number of anilines is 1. The maximum absolute atomic E-state index is 14.8. The minimum atomic E-state index is -0.312. The van der Waals surface area contributed by atoms with Gasteiger partial charge in [-0.1, -0.05) is 0 Å². The van der Waals surface area contributed by atoms with Gasteiger partial charge >= 0.3 is 0 Å². The molecule has 0 aliphatic rings. The number of nitrogens with zero attached hydrogens (tertiary/aromatic N) is 5. The van der Waals surface area contributed by atoms with Crippen LogP contribution in [0.2, 0.25) is 0 Å². The average Bonchev–Trinajstić information content (AvgIpc) is 3.32. The molecule has 0 radical (unpaired) electrons. The zero-order valence-electron chi connectivity index (χ0n) is 16.0. The summed E-state index contributed by atoms with van der Waals surface area (Å²) in [7, 11) is 3.40. The summed E-state index contributed by atoms with van der Waals surface area (Å²) in [5.74, 6) is 0.840. The molecule has 0 aliphatic carbocycles. The van der Waals surface area contributed by atoms with E-state index in [0.717, 1.165) is 5.69 Å². The van der Waals surface area contributed by atoms with E-state index in [-0.39, 0.29) is 11.9 Å². The minimum Gasteiger partial charge on any atom is -0.496 e. The fourth-order valence-electron chi connectivity index (χ4n) is 3.37. The molecule has 0 saturated heterocycles. The first-order chi connectivity index (χ1) is 13.5. The molecule has 2 N–H and O–H groups in total. The number of rotatable bonds is 5. The quantitative estimate of drug-likeness (QED) is 0.550. The normalized spacial score (nSPS) is 12.3. The van der Waals surface area contributed by atoms with Crippen LogP contribution in [0, 0.1) is 12.7 Å².